The van der Waals surface area contributed by atoms with E-state index in [1.165, 1.54) is 24.3 Å². The summed E-state index contributed by atoms with van der Waals surface area (Å²) in [6, 6.07) is 12.0. The standard InChI is InChI=1S/C18H19FN2O2/c1-12(2)11-20-18(23)15-5-3-4-6-16(15)21-17(22)13-7-9-14(19)10-8-13/h3-10,12H,11H2,1-2H3,(H,20,23)(H,21,22). The molecule has 2 aromatic carbocycles. The van der Waals surface area contributed by atoms with Gasteiger partial charge in [0.05, 0.1) is 11.3 Å². The van der Waals surface area contributed by atoms with Gasteiger partial charge in [-0.2, -0.15) is 0 Å². The zero-order valence-corrected chi connectivity index (χ0v) is 13.1. The first-order valence-corrected chi connectivity index (χ1v) is 7.41. The van der Waals surface area contributed by atoms with E-state index in [0.29, 0.717) is 29.3 Å². The number of hydrogen-bond acceptors (Lipinski definition) is 2. The van der Waals surface area contributed by atoms with Crippen molar-refractivity contribution in [1.29, 1.82) is 0 Å². The zero-order valence-electron chi connectivity index (χ0n) is 13.1. The Bertz CT molecular complexity index is 696. The predicted molar refractivity (Wildman–Crippen MR) is 88.0 cm³/mol. The van der Waals surface area contributed by atoms with E-state index in [2.05, 4.69) is 10.6 Å². The van der Waals surface area contributed by atoms with Crippen LogP contribution in [0.2, 0.25) is 0 Å². The molecule has 0 aliphatic carbocycles. The average molecular weight is 314 g/mol. The molecule has 0 unspecified atom stereocenters. The molecule has 4 nitrogen and oxygen atoms in total. The van der Waals surface area contributed by atoms with Gasteiger partial charge in [0.1, 0.15) is 5.82 Å². The van der Waals surface area contributed by atoms with Crippen molar-refractivity contribution in [1.82, 2.24) is 5.32 Å². The molecule has 0 aliphatic rings. The summed E-state index contributed by atoms with van der Waals surface area (Å²) in [5.74, 6) is -0.710. The van der Waals surface area contributed by atoms with Gasteiger partial charge in [-0.1, -0.05) is 26.0 Å². The number of amides is 2. The molecule has 0 saturated heterocycles. The van der Waals surface area contributed by atoms with E-state index in [4.69, 9.17) is 0 Å². The number of hydrogen-bond donors (Lipinski definition) is 2. The number of carbonyl (C=O) groups excluding carboxylic acids is 2. The van der Waals surface area contributed by atoms with Crippen molar-refractivity contribution in [3.8, 4) is 0 Å². The van der Waals surface area contributed by atoms with Gasteiger partial charge in [0, 0.05) is 12.1 Å². The Hall–Kier alpha value is -2.69. The lowest BCUT2D eigenvalue weighted by Gasteiger charge is -2.12. The molecule has 0 aliphatic heterocycles. The van der Waals surface area contributed by atoms with Crippen molar-refractivity contribution in [2.75, 3.05) is 11.9 Å². The van der Waals surface area contributed by atoms with Gasteiger partial charge in [0.25, 0.3) is 11.8 Å². The number of nitrogens with one attached hydrogen (secondary N) is 2. The highest BCUT2D eigenvalue weighted by molar-refractivity contribution is 6.08. The maximum atomic E-state index is 12.9. The molecule has 0 radical (unpaired) electrons. The van der Waals surface area contributed by atoms with Gasteiger partial charge in [-0.15, -0.1) is 0 Å². The maximum absolute atomic E-state index is 12.9. The van der Waals surface area contributed by atoms with Crippen molar-refractivity contribution in [2.45, 2.75) is 13.8 Å². The lowest BCUT2D eigenvalue weighted by Crippen LogP contribution is -2.28. The fourth-order valence-corrected chi connectivity index (χ4v) is 1.98. The summed E-state index contributed by atoms with van der Waals surface area (Å²) in [7, 11) is 0. The topological polar surface area (TPSA) is 58.2 Å². The molecular formula is C18H19FN2O2. The van der Waals surface area contributed by atoms with Crippen LogP contribution in [0.15, 0.2) is 48.5 Å². The van der Waals surface area contributed by atoms with Crippen LogP contribution in [0.3, 0.4) is 0 Å². The second kappa shape index (κ2) is 7.54. The van der Waals surface area contributed by atoms with Crippen molar-refractivity contribution in [2.24, 2.45) is 5.92 Å². The third-order valence-corrected chi connectivity index (χ3v) is 3.20. The van der Waals surface area contributed by atoms with Crippen molar-refractivity contribution in [3.05, 3.63) is 65.5 Å². The van der Waals surface area contributed by atoms with Crippen LogP contribution in [0, 0.1) is 11.7 Å². The molecule has 0 aromatic heterocycles. The van der Waals surface area contributed by atoms with E-state index in [1.807, 2.05) is 13.8 Å². The fraction of sp³-hybridized carbons (Fsp3) is 0.222. The molecule has 2 aromatic rings. The summed E-state index contributed by atoms with van der Waals surface area (Å²) in [6.07, 6.45) is 0. The van der Waals surface area contributed by atoms with Crippen molar-refractivity contribution < 1.29 is 14.0 Å². The Morgan fingerprint density at radius 1 is 1.00 bits per heavy atom. The van der Waals surface area contributed by atoms with Crippen LogP contribution >= 0.6 is 0 Å². The molecule has 5 heteroatoms. The summed E-state index contributed by atoms with van der Waals surface area (Å²) in [5.41, 5.74) is 1.13. The van der Waals surface area contributed by atoms with Gasteiger partial charge >= 0.3 is 0 Å². The first kappa shape index (κ1) is 16.7. The van der Waals surface area contributed by atoms with E-state index in [1.54, 1.807) is 24.3 Å². The Kier molecular flexibility index (Phi) is 5.46. The molecule has 23 heavy (non-hydrogen) atoms. The monoisotopic (exact) mass is 314 g/mol. The number of para-hydroxylation sites is 1. The first-order valence-electron chi connectivity index (χ1n) is 7.41. The molecule has 2 amide bonds. The lowest BCUT2D eigenvalue weighted by molar-refractivity contribution is 0.0950. The van der Waals surface area contributed by atoms with E-state index in [0.717, 1.165) is 0 Å². The van der Waals surface area contributed by atoms with Crippen LogP contribution in [0.5, 0.6) is 0 Å². The SMILES string of the molecule is CC(C)CNC(=O)c1ccccc1NC(=O)c1ccc(F)cc1. The van der Waals surface area contributed by atoms with E-state index in [-0.39, 0.29) is 5.91 Å². The Morgan fingerprint density at radius 3 is 2.30 bits per heavy atom. The second-order valence-corrected chi connectivity index (χ2v) is 5.61. The quantitative estimate of drug-likeness (QED) is 0.888. The number of anilines is 1. The highest BCUT2D eigenvalue weighted by Crippen LogP contribution is 2.16. The van der Waals surface area contributed by atoms with E-state index >= 15 is 0 Å². The molecule has 2 N–H and O–H groups in total. The average Bonchev–Trinajstić information content (AvgIpc) is 2.53. The summed E-state index contributed by atoms with van der Waals surface area (Å²) in [5, 5.41) is 5.51. The molecule has 0 fully saturated rings. The van der Waals surface area contributed by atoms with Gasteiger partial charge in [0.2, 0.25) is 0 Å². The fourth-order valence-electron chi connectivity index (χ4n) is 1.98. The van der Waals surface area contributed by atoms with Gasteiger partial charge in [-0.05, 0) is 42.3 Å². The third-order valence-electron chi connectivity index (χ3n) is 3.20. The van der Waals surface area contributed by atoms with Crippen molar-refractivity contribution >= 4 is 17.5 Å². The Morgan fingerprint density at radius 2 is 1.65 bits per heavy atom. The van der Waals surface area contributed by atoms with Gasteiger partial charge in [-0.3, -0.25) is 9.59 Å². The molecule has 0 saturated carbocycles. The largest absolute Gasteiger partial charge is 0.352 e. The van der Waals surface area contributed by atoms with E-state index < -0.39 is 11.7 Å². The van der Waals surface area contributed by atoms with Crippen LogP contribution in [-0.4, -0.2) is 18.4 Å². The van der Waals surface area contributed by atoms with Gasteiger partial charge in [0.15, 0.2) is 0 Å². The number of rotatable bonds is 5. The first-order chi connectivity index (χ1) is 11.0. The highest BCUT2D eigenvalue weighted by atomic mass is 19.1. The van der Waals surface area contributed by atoms with Gasteiger partial charge in [-0.25, -0.2) is 4.39 Å². The maximum Gasteiger partial charge on any atom is 0.255 e. The minimum atomic E-state index is -0.407. The molecule has 2 rings (SSSR count). The predicted octanol–water partition coefficient (Wildman–Crippen LogP) is 3.46. The molecule has 0 atom stereocenters. The summed E-state index contributed by atoms with van der Waals surface area (Å²) < 4.78 is 12.9. The molecule has 120 valence electrons. The second-order valence-electron chi connectivity index (χ2n) is 5.61. The minimum absolute atomic E-state index is 0.242. The summed E-state index contributed by atoms with van der Waals surface area (Å²) in [4.78, 5) is 24.4. The number of benzene rings is 2. The molecule has 0 bridgehead atoms. The Balaban J connectivity index is 2.15. The van der Waals surface area contributed by atoms with Crippen LogP contribution in [0.1, 0.15) is 34.6 Å². The van der Waals surface area contributed by atoms with Gasteiger partial charge < -0.3 is 10.6 Å². The van der Waals surface area contributed by atoms with Crippen LogP contribution in [0.25, 0.3) is 0 Å². The smallest absolute Gasteiger partial charge is 0.255 e. The minimum Gasteiger partial charge on any atom is -0.352 e. The van der Waals surface area contributed by atoms with Crippen molar-refractivity contribution in [3.63, 3.8) is 0 Å². The van der Waals surface area contributed by atoms with Crippen LogP contribution in [-0.2, 0) is 0 Å². The molecule has 0 spiro atoms. The normalized spacial score (nSPS) is 10.4. The molecular weight excluding hydrogens is 295 g/mol. The number of halogens is 1. The van der Waals surface area contributed by atoms with E-state index in [9.17, 15) is 14.0 Å². The molecule has 0 heterocycles. The lowest BCUT2D eigenvalue weighted by atomic mass is 10.1. The zero-order chi connectivity index (χ0) is 16.8. The highest BCUT2D eigenvalue weighted by Gasteiger charge is 2.14. The van der Waals surface area contributed by atoms with Crippen LogP contribution in [0.4, 0.5) is 10.1 Å². The third kappa shape index (κ3) is 4.64. The van der Waals surface area contributed by atoms with Crippen LogP contribution < -0.4 is 10.6 Å². The summed E-state index contributed by atoms with van der Waals surface area (Å²) in [6.45, 7) is 4.56. The Labute approximate surface area is 134 Å². The summed E-state index contributed by atoms with van der Waals surface area (Å²) >= 11 is 0. The number of carbonyl (C=O) groups is 2.